The second kappa shape index (κ2) is 7.28. The van der Waals surface area contributed by atoms with Crippen molar-refractivity contribution in [3.05, 3.63) is 11.8 Å². The molecule has 0 spiro atoms. The summed E-state index contributed by atoms with van der Waals surface area (Å²) in [6, 6.07) is 2.34. The Balaban J connectivity index is 1.99. The van der Waals surface area contributed by atoms with Crippen molar-refractivity contribution in [2.45, 2.75) is 45.6 Å². The molecule has 2 heterocycles. The average Bonchev–Trinajstić information content (AvgIpc) is 2.64. The monoisotopic (exact) mass is 264 g/mol. The maximum Gasteiger partial charge on any atom is 0.226 e. The Morgan fingerprint density at radius 2 is 2.26 bits per heavy atom. The van der Waals surface area contributed by atoms with Gasteiger partial charge in [-0.05, 0) is 45.7 Å². The first-order chi connectivity index (χ1) is 9.28. The number of rotatable bonds is 5. The van der Waals surface area contributed by atoms with E-state index in [2.05, 4.69) is 27.5 Å². The van der Waals surface area contributed by atoms with Crippen LogP contribution in [-0.2, 0) is 0 Å². The molecule has 0 saturated carbocycles. The highest BCUT2D eigenvalue weighted by Gasteiger charge is 2.13. The van der Waals surface area contributed by atoms with Gasteiger partial charge in [-0.3, -0.25) is 0 Å². The van der Waals surface area contributed by atoms with Gasteiger partial charge in [-0.1, -0.05) is 6.92 Å². The Labute approximate surface area is 115 Å². The molecule has 0 amide bonds. The van der Waals surface area contributed by atoms with E-state index >= 15 is 0 Å². The van der Waals surface area contributed by atoms with Crippen molar-refractivity contribution in [2.75, 3.05) is 25.0 Å². The third-order valence-electron chi connectivity index (χ3n) is 3.19. The summed E-state index contributed by atoms with van der Waals surface area (Å²) in [6.07, 6.45) is 4.46. The minimum Gasteiger partial charge on any atom is -0.478 e. The third-order valence-corrected chi connectivity index (χ3v) is 3.19. The number of ether oxygens (including phenoxy) is 1. The van der Waals surface area contributed by atoms with Crippen LogP contribution in [0, 0.1) is 6.92 Å². The molecule has 0 radical (unpaired) electrons. The van der Waals surface area contributed by atoms with E-state index in [9.17, 15) is 0 Å². The van der Waals surface area contributed by atoms with Gasteiger partial charge in [-0.15, -0.1) is 0 Å². The van der Waals surface area contributed by atoms with Crippen LogP contribution in [0.4, 0.5) is 5.95 Å². The lowest BCUT2D eigenvalue weighted by Gasteiger charge is -2.16. The standard InChI is InChI=1S/C14H24N4O/c1-3-9-19-13-10-11(2)16-14(18-13)17-12-5-4-7-15-8-6-12/h10,12,15H,3-9H2,1-2H3,(H,16,17,18). The molecule has 1 fully saturated rings. The minimum absolute atomic E-state index is 0.454. The molecule has 0 bridgehead atoms. The van der Waals surface area contributed by atoms with Gasteiger partial charge in [0, 0.05) is 17.8 Å². The van der Waals surface area contributed by atoms with Gasteiger partial charge in [-0.25, -0.2) is 4.98 Å². The molecular weight excluding hydrogens is 240 g/mol. The third kappa shape index (κ3) is 4.67. The molecule has 0 aromatic carbocycles. The quantitative estimate of drug-likeness (QED) is 0.853. The van der Waals surface area contributed by atoms with Gasteiger partial charge in [0.05, 0.1) is 6.61 Å². The molecule has 1 unspecified atom stereocenters. The fourth-order valence-corrected chi connectivity index (χ4v) is 2.23. The summed E-state index contributed by atoms with van der Waals surface area (Å²) in [6.45, 7) is 6.93. The van der Waals surface area contributed by atoms with Crippen LogP contribution in [0.5, 0.6) is 5.88 Å². The molecule has 1 atom stereocenters. The summed E-state index contributed by atoms with van der Waals surface area (Å²) >= 11 is 0. The van der Waals surface area contributed by atoms with Crippen molar-refractivity contribution >= 4 is 5.95 Å². The van der Waals surface area contributed by atoms with Crippen molar-refractivity contribution in [3.8, 4) is 5.88 Å². The molecule has 106 valence electrons. The van der Waals surface area contributed by atoms with E-state index in [1.165, 1.54) is 6.42 Å². The van der Waals surface area contributed by atoms with Gasteiger partial charge in [-0.2, -0.15) is 4.98 Å². The summed E-state index contributed by atoms with van der Waals surface area (Å²) in [5, 5.41) is 6.84. The largest absolute Gasteiger partial charge is 0.478 e. The lowest BCUT2D eigenvalue weighted by Crippen LogP contribution is -2.23. The molecule has 1 saturated heterocycles. The Kier molecular flexibility index (Phi) is 5.39. The molecule has 1 aromatic heterocycles. The number of hydrogen-bond donors (Lipinski definition) is 2. The van der Waals surface area contributed by atoms with Gasteiger partial charge >= 0.3 is 0 Å². The number of hydrogen-bond acceptors (Lipinski definition) is 5. The number of aromatic nitrogens is 2. The average molecular weight is 264 g/mol. The van der Waals surface area contributed by atoms with Crippen molar-refractivity contribution in [3.63, 3.8) is 0 Å². The molecule has 1 aromatic rings. The van der Waals surface area contributed by atoms with Crippen LogP contribution in [-0.4, -0.2) is 35.7 Å². The second-order valence-electron chi connectivity index (χ2n) is 5.04. The van der Waals surface area contributed by atoms with E-state index in [-0.39, 0.29) is 0 Å². The summed E-state index contributed by atoms with van der Waals surface area (Å²) in [7, 11) is 0. The highest BCUT2D eigenvalue weighted by atomic mass is 16.5. The lowest BCUT2D eigenvalue weighted by atomic mass is 10.1. The summed E-state index contributed by atoms with van der Waals surface area (Å²) < 4.78 is 5.59. The zero-order valence-corrected chi connectivity index (χ0v) is 11.9. The normalized spacial score (nSPS) is 19.8. The maximum atomic E-state index is 5.59. The highest BCUT2D eigenvalue weighted by Crippen LogP contribution is 2.15. The fraction of sp³-hybridized carbons (Fsp3) is 0.714. The van der Waals surface area contributed by atoms with Crippen LogP contribution in [0.15, 0.2) is 6.07 Å². The van der Waals surface area contributed by atoms with Crippen LogP contribution in [0.3, 0.4) is 0 Å². The predicted octanol–water partition coefficient (Wildman–Crippen LogP) is 2.13. The Morgan fingerprint density at radius 3 is 3.11 bits per heavy atom. The first-order valence-corrected chi connectivity index (χ1v) is 7.23. The topological polar surface area (TPSA) is 59.1 Å². The van der Waals surface area contributed by atoms with Crippen molar-refractivity contribution < 1.29 is 4.74 Å². The fourth-order valence-electron chi connectivity index (χ4n) is 2.23. The smallest absolute Gasteiger partial charge is 0.226 e. The van der Waals surface area contributed by atoms with Gasteiger partial charge in [0.15, 0.2) is 0 Å². The summed E-state index contributed by atoms with van der Waals surface area (Å²) in [5.41, 5.74) is 0.940. The van der Waals surface area contributed by atoms with E-state index in [0.717, 1.165) is 38.0 Å². The molecule has 5 nitrogen and oxygen atoms in total. The Morgan fingerprint density at radius 1 is 1.37 bits per heavy atom. The number of aryl methyl sites for hydroxylation is 1. The van der Waals surface area contributed by atoms with Gasteiger partial charge < -0.3 is 15.4 Å². The molecule has 1 aliphatic heterocycles. The van der Waals surface area contributed by atoms with E-state index in [0.29, 0.717) is 24.5 Å². The van der Waals surface area contributed by atoms with Crippen LogP contribution in [0.2, 0.25) is 0 Å². The summed E-state index contributed by atoms with van der Waals surface area (Å²) in [5.74, 6) is 1.36. The number of nitrogens with one attached hydrogen (secondary N) is 2. The van der Waals surface area contributed by atoms with E-state index in [1.54, 1.807) is 0 Å². The SMILES string of the molecule is CCCOc1cc(C)nc(NC2CCCNCC2)n1. The first-order valence-electron chi connectivity index (χ1n) is 7.23. The predicted molar refractivity (Wildman–Crippen MR) is 76.7 cm³/mol. The molecular formula is C14H24N4O. The molecule has 2 N–H and O–H groups in total. The zero-order valence-electron chi connectivity index (χ0n) is 11.9. The highest BCUT2D eigenvalue weighted by molar-refractivity contribution is 5.31. The van der Waals surface area contributed by atoms with Crippen LogP contribution in [0.1, 0.15) is 38.3 Å². The first kappa shape index (κ1) is 14.1. The summed E-state index contributed by atoms with van der Waals surface area (Å²) in [4.78, 5) is 8.87. The number of nitrogens with zero attached hydrogens (tertiary/aromatic N) is 2. The zero-order chi connectivity index (χ0) is 13.5. The Bertz CT molecular complexity index is 389. The Hall–Kier alpha value is -1.36. The van der Waals surface area contributed by atoms with Crippen LogP contribution in [0.25, 0.3) is 0 Å². The minimum atomic E-state index is 0.454. The van der Waals surface area contributed by atoms with Crippen molar-refractivity contribution in [1.82, 2.24) is 15.3 Å². The molecule has 19 heavy (non-hydrogen) atoms. The number of anilines is 1. The van der Waals surface area contributed by atoms with E-state index in [1.807, 2.05) is 13.0 Å². The lowest BCUT2D eigenvalue weighted by molar-refractivity contribution is 0.304. The van der Waals surface area contributed by atoms with Crippen LogP contribution < -0.4 is 15.4 Å². The molecule has 2 rings (SSSR count). The van der Waals surface area contributed by atoms with E-state index in [4.69, 9.17) is 4.74 Å². The van der Waals surface area contributed by atoms with Gasteiger partial charge in [0.1, 0.15) is 0 Å². The van der Waals surface area contributed by atoms with Gasteiger partial charge in [0.25, 0.3) is 0 Å². The molecule has 0 aliphatic carbocycles. The molecule has 1 aliphatic rings. The van der Waals surface area contributed by atoms with Crippen molar-refractivity contribution in [2.24, 2.45) is 0 Å². The maximum absolute atomic E-state index is 5.59. The van der Waals surface area contributed by atoms with Crippen molar-refractivity contribution in [1.29, 1.82) is 0 Å². The molecule has 5 heteroatoms. The van der Waals surface area contributed by atoms with E-state index < -0.39 is 0 Å². The van der Waals surface area contributed by atoms with Gasteiger partial charge in [0.2, 0.25) is 11.8 Å². The second-order valence-corrected chi connectivity index (χ2v) is 5.04. The van der Waals surface area contributed by atoms with Crippen LogP contribution >= 0.6 is 0 Å².